The molecule has 1 aromatic carbocycles. The average Bonchev–Trinajstić information content (AvgIpc) is 2.42. The van der Waals surface area contributed by atoms with Crippen molar-refractivity contribution in [2.75, 3.05) is 7.11 Å². The van der Waals surface area contributed by atoms with Crippen LogP contribution in [0.4, 0.5) is 0 Å². The molecule has 0 radical (unpaired) electrons. The van der Waals surface area contributed by atoms with Crippen LogP contribution in [0.3, 0.4) is 0 Å². The maximum Gasteiger partial charge on any atom is 0.273 e. The Hall–Kier alpha value is -2.04. The van der Waals surface area contributed by atoms with Gasteiger partial charge in [0.1, 0.15) is 5.75 Å². The van der Waals surface area contributed by atoms with Gasteiger partial charge in [0, 0.05) is 6.42 Å². The quantitative estimate of drug-likeness (QED) is 0.864. The maximum atomic E-state index is 12.3. The van der Waals surface area contributed by atoms with Crippen molar-refractivity contribution in [3.63, 3.8) is 0 Å². The fourth-order valence-electron chi connectivity index (χ4n) is 1.76. The summed E-state index contributed by atoms with van der Waals surface area (Å²) >= 11 is 0. The lowest BCUT2D eigenvalue weighted by Gasteiger charge is -2.35. The Morgan fingerprint density at radius 1 is 1.25 bits per heavy atom. The largest absolute Gasteiger partial charge is 0.496 e. The van der Waals surface area contributed by atoms with Crippen LogP contribution >= 0.6 is 0 Å². The summed E-state index contributed by atoms with van der Waals surface area (Å²) in [4.78, 5) is 24.3. The van der Waals surface area contributed by atoms with Crippen LogP contribution < -0.4 is 10.2 Å². The predicted octanol–water partition coefficient (Wildman–Crippen LogP) is 2.38. The molecule has 1 rings (SSSR count). The van der Waals surface area contributed by atoms with Crippen LogP contribution in [0.25, 0.3) is 0 Å². The molecule has 0 aliphatic heterocycles. The number of para-hydroxylation sites is 1. The van der Waals surface area contributed by atoms with Gasteiger partial charge < -0.3 is 4.74 Å². The molecule has 0 aromatic heterocycles. The highest BCUT2D eigenvalue weighted by atomic mass is 16.5. The van der Waals surface area contributed by atoms with Gasteiger partial charge in [-0.3, -0.25) is 15.0 Å². The van der Waals surface area contributed by atoms with E-state index in [0.717, 1.165) is 0 Å². The second-order valence-electron chi connectivity index (χ2n) is 5.39. The molecule has 0 bridgehead atoms. The highest BCUT2D eigenvalue weighted by molar-refractivity contribution is 5.97. The van der Waals surface area contributed by atoms with E-state index in [1.807, 2.05) is 20.8 Å². The normalized spacial score (nSPS) is 10.8. The second-order valence-corrected chi connectivity index (χ2v) is 5.39. The van der Waals surface area contributed by atoms with Crippen LogP contribution in [0.1, 0.15) is 44.5 Å². The van der Waals surface area contributed by atoms with E-state index >= 15 is 0 Å². The van der Waals surface area contributed by atoms with Gasteiger partial charge in [-0.25, -0.2) is 5.01 Å². The molecule has 0 saturated carbocycles. The number of nitrogens with one attached hydrogen (secondary N) is 1. The van der Waals surface area contributed by atoms with E-state index in [0.29, 0.717) is 17.7 Å². The zero-order chi connectivity index (χ0) is 15.3. The molecule has 0 fully saturated rings. The monoisotopic (exact) mass is 278 g/mol. The number of benzene rings is 1. The summed E-state index contributed by atoms with van der Waals surface area (Å²) in [5, 5.41) is 1.36. The standard InChI is InChI=1S/C15H22N2O3/c1-6-13(18)17(15(2,3)4)16-14(19)11-9-7-8-10-12(11)20-5/h7-10H,6H2,1-5H3,(H,16,19). The third-order valence-corrected chi connectivity index (χ3v) is 2.79. The molecule has 0 heterocycles. The lowest BCUT2D eigenvalue weighted by molar-refractivity contribution is -0.138. The number of amides is 2. The summed E-state index contributed by atoms with van der Waals surface area (Å²) in [5.41, 5.74) is 2.56. The van der Waals surface area contributed by atoms with E-state index in [1.54, 1.807) is 31.2 Å². The Labute approximate surface area is 119 Å². The molecule has 0 unspecified atom stereocenters. The van der Waals surface area contributed by atoms with Gasteiger partial charge >= 0.3 is 0 Å². The molecule has 1 N–H and O–H groups in total. The number of rotatable bonds is 3. The highest BCUT2D eigenvalue weighted by Crippen LogP contribution is 2.18. The van der Waals surface area contributed by atoms with Gasteiger partial charge in [-0.1, -0.05) is 19.1 Å². The molecule has 5 heteroatoms. The van der Waals surface area contributed by atoms with Crippen molar-refractivity contribution in [1.29, 1.82) is 0 Å². The Bertz CT molecular complexity index is 492. The van der Waals surface area contributed by atoms with E-state index < -0.39 is 5.54 Å². The van der Waals surface area contributed by atoms with E-state index in [-0.39, 0.29) is 11.8 Å². The number of hydrogen-bond donors (Lipinski definition) is 1. The second kappa shape index (κ2) is 6.41. The molecule has 5 nitrogen and oxygen atoms in total. The van der Waals surface area contributed by atoms with E-state index in [2.05, 4.69) is 5.43 Å². The van der Waals surface area contributed by atoms with Gasteiger partial charge in [-0.05, 0) is 32.9 Å². The number of carbonyl (C=O) groups is 2. The molecule has 0 aliphatic carbocycles. The van der Waals surface area contributed by atoms with Gasteiger partial charge in [0.15, 0.2) is 0 Å². The van der Waals surface area contributed by atoms with Crippen LogP contribution in [0.5, 0.6) is 5.75 Å². The molecule has 0 saturated heterocycles. The third-order valence-electron chi connectivity index (χ3n) is 2.79. The molecular formula is C15H22N2O3. The first kappa shape index (κ1) is 16.0. The Morgan fingerprint density at radius 3 is 2.35 bits per heavy atom. The molecule has 1 aromatic rings. The van der Waals surface area contributed by atoms with E-state index in [1.165, 1.54) is 12.1 Å². The Kier molecular flexibility index (Phi) is 5.13. The minimum atomic E-state index is -0.495. The SMILES string of the molecule is CCC(=O)N(NC(=O)c1ccccc1OC)C(C)(C)C. The van der Waals surface area contributed by atoms with Crippen molar-refractivity contribution < 1.29 is 14.3 Å². The molecular weight excluding hydrogens is 256 g/mol. The van der Waals surface area contributed by atoms with Gasteiger partial charge in [0.05, 0.1) is 18.2 Å². The Morgan fingerprint density at radius 2 is 1.85 bits per heavy atom. The number of methoxy groups -OCH3 is 1. The lowest BCUT2D eigenvalue weighted by atomic mass is 10.1. The minimum absolute atomic E-state index is 0.138. The molecule has 0 spiro atoms. The number of hydrogen-bond acceptors (Lipinski definition) is 3. The van der Waals surface area contributed by atoms with Crippen LogP contribution in [-0.2, 0) is 4.79 Å². The van der Waals surface area contributed by atoms with Crippen molar-refractivity contribution in [2.45, 2.75) is 39.7 Å². The zero-order valence-electron chi connectivity index (χ0n) is 12.7. The van der Waals surface area contributed by atoms with E-state index in [4.69, 9.17) is 4.74 Å². The van der Waals surface area contributed by atoms with Crippen molar-refractivity contribution in [1.82, 2.24) is 10.4 Å². The van der Waals surface area contributed by atoms with Crippen LogP contribution in [-0.4, -0.2) is 29.5 Å². The van der Waals surface area contributed by atoms with Gasteiger partial charge in [0.25, 0.3) is 5.91 Å². The summed E-state index contributed by atoms with van der Waals surface area (Å²) in [5.74, 6) is -0.0253. The fourth-order valence-corrected chi connectivity index (χ4v) is 1.76. The molecule has 0 atom stereocenters. The number of hydrazine groups is 1. The van der Waals surface area contributed by atoms with Crippen LogP contribution in [0.15, 0.2) is 24.3 Å². The zero-order valence-corrected chi connectivity index (χ0v) is 12.7. The number of carbonyl (C=O) groups excluding carboxylic acids is 2. The molecule has 0 aliphatic rings. The third kappa shape index (κ3) is 3.73. The smallest absolute Gasteiger partial charge is 0.273 e. The van der Waals surface area contributed by atoms with Gasteiger partial charge in [-0.15, -0.1) is 0 Å². The van der Waals surface area contributed by atoms with Crippen LogP contribution in [0, 0.1) is 0 Å². The summed E-state index contributed by atoms with van der Waals surface area (Å²) in [6.45, 7) is 7.35. The lowest BCUT2D eigenvalue weighted by Crippen LogP contribution is -2.55. The van der Waals surface area contributed by atoms with E-state index in [9.17, 15) is 9.59 Å². The first-order valence-electron chi connectivity index (χ1n) is 6.58. The molecule has 110 valence electrons. The molecule has 20 heavy (non-hydrogen) atoms. The topological polar surface area (TPSA) is 58.6 Å². The maximum absolute atomic E-state index is 12.3. The van der Waals surface area contributed by atoms with Crippen molar-refractivity contribution in [3.8, 4) is 5.75 Å². The van der Waals surface area contributed by atoms with Crippen molar-refractivity contribution in [2.24, 2.45) is 0 Å². The first-order chi connectivity index (χ1) is 9.31. The highest BCUT2D eigenvalue weighted by Gasteiger charge is 2.28. The summed E-state index contributed by atoms with van der Waals surface area (Å²) in [6, 6.07) is 6.90. The number of ether oxygens (including phenoxy) is 1. The predicted molar refractivity (Wildman–Crippen MR) is 77.4 cm³/mol. The van der Waals surface area contributed by atoms with Crippen LogP contribution in [0.2, 0.25) is 0 Å². The van der Waals surface area contributed by atoms with Gasteiger partial charge in [-0.2, -0.15) is 0 Å². The summed E-state index contributed by atoms with van der Waals surface area (Å²) in [7, 11) is 1.50. The summed E-state index contributed by atoms with van der Waals surface area (Å²) in [6.07, 6.45) is 0.323. The van der Waals surface area contributed by atoms with Crippen molar-refractivity contribution >= 4 is 11.8 Å². The fraction of sp³-hybridized carbons (Fsp3) is 0.467. The average molecular weight is 278 g/mol. The number of nitrogens with zero attached hydrogens (tertiary/aromatic N) is 1. The van der Waals surface area contributed by atoms with Gasteiger partial charge in [0.2, 0.25) is 5.91 Å². The van der Waals surface area contributed by atoms with Crippen molar-refractivity contribution in [3.05, 3.63) is 29.8 Å². The minimum Gasteiger partial charge on any atom is -0.496 e. The molecule has 2 amide bonds. The first-order valence-corrected chi connectivity index (χ1v) is 6.58. The Balaban J connectivity index is 3.00. The summed E-state index contributed by atoms with van der Waals surface area (Å²) < 4.78 is 5.16.